The van der Waals surface area contributed by atoms with Crippen LogP contribution in [0.2, 0.25) is 10.6 Å². The lowest BCUT2D eigenvalue weighted by molar-refractivity contribution is 0.742. The van der Waals surface area contributed by atoms with Gasteiger partial charge in [0.05, 0.1) is 0 Å². The van der Waals surface area contributed by atoms with E-state index in [2.05, 4.69) is 40.8 Å². The molecule has 0 aliphatic heterocycles. The molecule has 0 unspecified atom stereocenters. The first-order valence-corrected chi connectivity index (χ1v) is 8.18. The Kier molecular flexibility index (Phi) is 6.57. The summed E-state index contributed by atoms with van der Waals surface area (Å²) >= 11 is 14.0. The van der Waals surface area contributed by atoms with Crippen LogP contribution >= 0.6 is 46.7 Å². The topological polar surface area (TPSA) is 103 Å². The molecule has 0 aromatic carbocycles. The molecule has 0 saturated heterocycles. The van der Waals surface area contributed by atoms with Crippen LogP contribution in [0.25, 0.3) is 0 Å². The van der Waals surface area contributed by atoms with E-state index in [0.717, 1.165) is 24.3 Å². The van der Waals surface area contributed by atoms with Gasteiger partial charge in [0.2, 0.25) is 10.3 Å². The summed E-state index contributed by atoms with van der Waals surface area (Å²) in [5, 5.41) is 30.8. The zero-order valence-electron chi connectivity index (χ0n) is 9.98. The Morgan fingerprint density at radius 1 is 0.600 bits per heavy atom. The Labute approximate surface area is 132 Å². The van der Waals surface area contributed by atoms with Gasteiger partial charge in [-0.15, -0.1) is 40.8 Å². The fourth-order valence-electron chi connectivity index (χ4n) is 1.06. The number of unbranched alkanes of at least 4 members (excludes halogenated alkanes) is 1. The van der Waals surface area contributed by atoms with E-state index >= 15 is 0 Å². The third-order valence-corrected chi connectivity index (χ3v) is 4.00. The smallest absolute Gasteiger partial charge is 0.118 e. The van der Waals surface area contributed by atoms with Crippen LogP contribution in [-0.2, 0) is 0 Å². The first kappa shape index (κ1) is 15.5. The van der Waals surface area contributed by atoms with Crippen LogP contribution in [0.3, 0.4) is 0 Å². The van der Waals surface area contributed by atoms with Gasteiger partial charge in [-0.2, -0.15) is 0 Å². The molecule has 0 radical (unpaired) electrons. The summed E-state index contributed by atoms with van der Waals surface area (Å²) in [6.45, 7) is 0. The monoisotopic (exact) mass is 350 g/mol. The van der Waals surface area contributed by atoms with E-state index in [-0.39, 0.29) is 10.6 Å². The fourth-order valence-corrected chi connectivity index (χ4v) is 2.67. The van der Waals surface area contributed by atoms with Crippen molar-refractivity contribution in [2.24, 2.45) is 0 Å². The minimum absolute atomic E-state index is 0.0518. The summed E-state index contributed by atoms with van der Waals surface area (Å²) < 4.78 is 0. The second-order valence-electron chi connectivity index (χ2n) is 3.31. The van der Waals surface area contributed by atoms with Crippen LogP contribution < -0.4 is 0 Å². The summed E-state index contributed by atoms with van der Waals surface area (Å²) in [6.07, 6.45) is 2.00. The lowest BCUT2D eigenvalue weighted by Gasteiger charge is -1.99. The molecule has 2 rings (SSSR count). The Morgan fingerprint density at radius 2 is 0.950 bits per heavy atom. The van der Waals surface area contributed by atoms with Crippen molar-refractivity contribution in [1.82, 2.24) is 40.8 Å². The number of rotatable bonds is 7. The Bertz CT molecular complexity index is 476. The lowest BCUT2D eigenvalue weighted by Crippen LogP contribution is -1.96. The van der Waals surface area contributed by atoms with Crippen molar-refractivity contribution in [3.63, 3.8) is 0 Å². The molecular weight excluding hydrogens is 343 g/mol. The summed E-state index contributed by atoms with van der Waals surface area (Å²) in [5.74, 6) is 1.76. The van der Waals surface area contributed by atoms with Crippen LogP contribution in [0, 0.1) is 0 Å². The molecule has 0 amide bonds. The van der Waals surface area contributed by atoms with Crippen molar-refractivity contribution in [2.45, 2.75) is 23.2 Å². The van der Waals surface area contributed by atoms with Gasteiger partial charge in [0.25, 0.3) is 10.6 Å². The third-order valence-electron chi connectivity index (χ3n) is 1.87. The molecule has 20 heavy (non-hydrogen) atoms. The van der Waals surface area contributed by atoms with Crippen LogP contribution in [0.4, 0.5) is 0 Å². The molecular formula is C8H8Cl2N8S2. The summed E-state index contributed by atoms with van der Waals surface area (Å²) in [6, 6.07) is 0. The van der Waals surface area contributed by atoms with Gasteiger partial charge in [-0.05, 0) is 36.0 Å². The van der Waals surface area contributed by atoms with Crippen molar-refractivity contribution in [2.75, 3.05) is 11.5 Å². The van der Waals surface area contributed by atoms with E-state index in [1.54, 1.807) is 0 Å². The molecule has 0 saturated carbocycles. The number of halogens is 2. The maximum atomic E-state index is 5.49. The molecule has 0 N–H and O–H groups in total. The maximum Gasteiger partial charge on any atom is 0.262 e. The number of thioether (sulfide) groups is 2. The Balaban J connectivity index is 1.57. The normalized spacial score (nSPS) is 10.7. The summed E-state index contributed by atoms with van der Waals surface area (Å²) in [7, 11) is 0. The molecule has 12 heteroatoms. The average molecular weight is 351 g/mol. The van der Waals surface area contributed by atoms with Crippen LogP contribution in [0.1, 0.15) is 12.8 Å². The second kappa shape index (κ2) is 8.45. The Hall–Kier alpha value is -0.840. The lowest BCUT2D eigenvalue weighted by atomic mass is 10.4. The molecule has 0 aliphatic carbocycles. The standard InChI is InChI=1S/C8H8Cl2N8S2/c9-5-11-15-7(16-12-5)19-3-1-2-4-20-8-17-13-6(10)14-18-8/h1-4H2. The molecule has 2 aromatic rings. The van der Waals surface area contributed by atoms with Gasteiger partial charge in [-0.3, -0.25) is 0 Å². The molecule has 0 aliphatic rings. The van der Waals surface area contributed by atoms with Crippen LogP contribution in [-0.4, -0.2) is 52.3 Å². The minimum atomic E-state index is 0.0518. The highest BCUT2D eigenvalue weighted by Gasteiger charge is 2.02. The predicted octanol–water partition coefficient (Wildman–Crippen LogP) is 1.82. The SMILES string of the molecule is Clc1nnc(SCCCCSc2nnc(Cl)nn2)nn1. The van der Waals surface area contributed by atoms with Gasteiger partial charge in [0.15, 0.2) is 0 Å². The van der Waals surface area contributed by atoms with Gasteiger partial charge in [-0.1, -0.05) is 23.5 Å². The zero-order chi connectivity index (χ0) is 14.2. The van der Waals surface area contributed by atoms with Crippen molar-refractivity contribution < 1.29 is 0 Å². The van der Waals surface area contributed by atoms with Gasteiger partial charge in [0.1, 0.15) is 0 Å². The van der Waals surface area contributed by atoms with Crippen LogP contribution in [0.5, 0.6) is 0 Å². The molecule has 0 fully saturated rings. The third kappa shape index (κ3) is 5.65. The van der Waals surface area contributed by atoms with Gasteiger partial charge < -0.3 is 0 Å². The average Bonchev–Trinajstić information content (AvgIpc) is 2.46. The number of hydrogen-bond acceptors (Lipinski definition) is 10. The second-order valence-corrected chi connectivity index (χ2v) is 6.11. The Morgan fingerprint density at radius 3 is 1.30 bits per heavy atom. The van der Waals surface area contributed by atoms with Gasteiger partial charge in [-0.25, -0.2) is 0 Å². The predicted molar refractivity (Wildman–Crippen MR) is 75.9 cm³/mol. The van der Waals surface area contributed by atoms with Crippen molar-refractivity contribution in [3.8, 4) is 0 Å². The fraction of sp³-hybridized carbons (Fsp3) is 0.500. The number of hydrogen-bond donors (Lipinski definition) is 0. The van der Waals surface area contributed by atoms with Crippen molar-refractivity contribution in [1.29, 1.82) is 0 Å². The number of nitrogens with zero attached hydrogens (tertiary/aromatic N) is 8. The first-order valence-electron chi connectivity index (χ1n) is 5.45. The van der Waals surface area contributed by atoms with Crippen LogP contribution in [0.15, 0.2) is 10.3 Å². The maximum absolute atomic E-state index is 5.49. The van der Waals surface area contributed by atoms with Crippen molar-refractivity contribution >= 4 is 46.7 Å². The van der Waals surface area contributed by atoms with Gasteiger partial charge >= 0.3 is 0 Å². The minimum Gasteiger partial charge on any atom is -0.118 e. The molecule has 0 bridgehead atoms. The molecule has 2 aromatic heterocycles. The van der Waals surface area contributed by atoms with E-state index < -0.39 is 0 Å². The quantitative estimate of drug-likeness (QED) is 0.542. The molecule has 0 spiro atoms. The van der Waals surface area contributed by atoms with E-state index in [9.17, 15) is 0 Å². The zero-order valence-corrected chi connectivity index (χ0v) is 13.1. The van der Waals surface area contributed by atoms with Gasteiger partial charge in [0, 0.05) is 11.5 Å². The molecule has 106 valence electrons. The van der Waals surface area contributed by atoms with E-state index in [4.69, 9.17) is 23.2 Å². The number of aromatic nitrogens is 8. The first-order chi connectivity index (χ1) is 9.74. The summed E-state index contributed by atoms with van der Waals surface area (Å²) in [5.41, 5.74) is 0. The van der Waals surface area contributed by atoms with E-state index in [1.165, 1.54) is 23.5 Å². The highest BCUT2D eigenvalue weighted by molar-refractivity contribution is 7.99. The summed E-state index contributed by atoms with van der Waals surface area (Å²) in [4.78, 5) is 0. The van der Waals surface area contributed by atoms with E-state index in [0.29, 0.717) is 10.3 Å². The highest BCUT2D eigenvalue weighted by Crippen LogP contribution is 2.16. The largest absolute Gasteiger partial charge is 0.262 e. The van der Waals surface area contributed by atoms with Crippen molar-refractivity contribution in [3.05, 3.63) is 10.6 Å². The van der Waals surface area contributed by atoms with E-state index in [1.807, 2.05) is 0 Å². The molecule has 2 heterocycles. The highest BCUT2D eigenvalue weighted by atomic mass is 35.5. The molecule has 8 nitrogen and oxygen atoms in total. The molecule has 0 atom stereocenters.